The fraction of sp³-hybridized carbons (Fsp3) is 0.571. The zero-order valence-corrected chi connectivity index (χ0v) is 7.32. The number of amides is 1. The van der Waals surface area contributed by atoms with E-state index < -0.39 is 0 Å². The van der Waals surface area contributed by atoms with E-state index in [9.17, 15) is 4.79 Å². The maximum absolute atomic E-state index is 10.9. The maximum atomic E-state index is 10.9. The van der Waals surface area contributed by atoms with Gasteiger partial charge in [0, 0.05) is 5.57 Å². The van der Waals surface area contributed by atoms with Crippen LogP contribution in [0.15, 0.2) is 12.2 Å². The summed E-state index contributed by atoms with van der Waals surface area (Å²) in [7, 11) is 0. The maximum Gasteiger partial charge on any atom is 0.247 e. The van der Waals surface area contributed by atoms with Crippen LogP contribution in [0.3, 0.4) is 0 Å². The Labute approximate surface area is 71.6 Å². The van der Waals surface area contributed by atoms with Crippen LogP contribution in [-0.2, 0) is 4.79 Å². The van der Waals surface area contributed by atoms with Crippen molar-refractivity contribution in [3.8, 4) is 0 Å². The molecule has 3 nitrogen and oxygen atoms in total. The van der Waals surface area contributed by atoms with Crippen molar-refractivity contribution in [2.24, 2.45) is 5.73 Å². The third-order valence-electron chi connectivity index (χ3n) is 1.10. The van der Waals surface area contributed by atoms with Crippen molar-refractivity contribution in [2.45, 2.75) is 18.8 Å². The average Bonchev–Trinajstić information content (AvgIpc) is 1.87. The van der Waals surface area contributed by atoms with Crippen molar-refractivity contribution in [1.29, 1.82) is 0 Å². The van der Waals surface area contributed by atoms with Gasteiger partial charge in [-0.3, -0.25) is 4.79 Å². The topological polar surface area (TPSA) is 55.1 Å². The molecule has 0 bridgehead atoms. The van der Waals surface area contributed by atoms with Crippen LogP contribution in [0.5, 0.6) is 0 Å². The smallest absolute Gasteiger partial charge is 0.247 e. The number of alkyl halides is 1. The molecule has 1 atom stereocenters. The van der Waals surface area contributed by atoms with E-state index in [1.807, 2.05) is 0 Å². The van der Waals surface area contributed by atoms with Gasteiger partial charge in [-0.2, -0.15) is 0 Å². The quantitative estimate of drug-likeness (QED) is 0.374. The van der Waals surface area contributed by atoms with Crippen molar-refractivity contribution < 1.29 is 4.79 Å². The van der Waals surface area contributed by atoms with E-state index in [4.69, 9.17) is 17.3 Å². The summed E-state index contributed by atoms with van der Waals surface area (Å²) in [5.74, 6) is -0.224. The van der Waals surface area contributed by atoms with E-state index in [1.165, 1.54) is 0 Å². The van der Waals surface area contributed by atoms with E-state index in [0.29, 0.717) is 18.5 Å². The van der Waals surface area contributed by atoms with Gasteiger partial charge in [-0.25, -0.2) is 0 Å². The first-order chi connectivity index (χ1) is 5.07. The highest BCUT2D eigenvalue weighted by Crippen LogP contribution is 1.97. The van der Waals surface area contributed by atoms with E-state index in [2.05, 4.69) is 11.9 Å². The van der Waals surface area contributed by atoms with Crippen molar-refractivity contribution in [2.75, 3.05) is 6.54 Å². The van der Waals surface area contributed by atoms with Gasteiger partial charge in [0.05, 0.1) is 0 Å². The van der Waals surface area contributed by atoms with Crippen LogP contribution in [-0.4, -0.2) is 18.0 Å². The normalized spacial score (nSPS) is 12.3. The molecule has 0 radical (unpaired) electrons. The number of nitrogens with one attached hydrogen (secondary N) is 1. The largest absolute Gasteiger partial charge is 0.336 e. The van der Waals surface area contributed by atoms with Crippen LogP contribution in [0.2, 0.25) is 0 Å². The second kappa shape index (κ2) is 5.16. The van der Waals surface area contributed by atoms with Crippen molar-refractivity contribution in [3.05, 3.63) is 12.2 Å². The van der Waals surface area contributed by atoms with Crippen molar-refractivity contribution in [3.63, 3.8) is 0 Å². The monoisotopic (exact) mass is 176 g/mol. The van der Waals surface area contributed by atoms with Gasteiger partial charge in [0.2, 0.25) is 5.91 Å². The molecule has 1 amide bonds. The van der Waals surface area contributed by atoms with Gasteiger partial charge in [0.15, 0.2) is 0 Å². The predicted molar refractivity (Wildman–Crippen MR) is 46.3 cm³/mol. The molecule has 0 aliphatic rings. The van der Waals surface area contributed by atoms with E-state index in [1.54, 1.807) is 6.92 Å². The lowest BCUT2D eigenvalue weighted by Crippen LogP contribution is -2.32. The van der Waals surface area contributed by atoms with Gasteiger partial charge in [0.1, 0.15) is 5.50 Å². The Morgan fingerprint density at radius 2 is 2.36 bits per heavy atom. The SMILES string of the molecule is C=C(C)C(=O)NC(Cl)CCN. The number of hydrogen-bond donors (Lipinski definition) is 2. The number of carbonyl (C=O) groups excluding carboxylic acids is 1. The molecule has 0 aromatic rings. The Kier molecular flexibility index (Phi) is 4.90. The van der Waals surface area contributed by atoms with Crippen LogP contribution < -0.4 is 11.1 Å². The molecule has 0 saturated heterocycles. The number of halogens is 1. The fourth-order valence-corrected chi connectivity index (χ4v) is 0.709. The molecule has 0 fully saturated rings. The van der Waals surface area contributed by atoms with E-state index >= 15 is 0 Å². The minimum absolute atomic E-state index is 0.224. The molecular formula is C7H13ClN2O. The fourth-order valence-electron chi connectivity index (χ4n) is 0.484. The number of nitrogens with two attached hydrogens (primary N) is 1. The molecule has 0 aromatic carbocycles. The molecular weight excluding hydrogens is 164 g/mol. The van der Waals surface area contributed by atoms with Gasteiger partial charge >= 0.3 is 0 Å². The molecule has 0 aromatic heterocycles. The zero-order valence-electron chi connectivity index (χ0n) is 6.56. The third-order valence-corrected chi connectivity index (χ3v) is 1.42. The molecule has 1 unspecified atom stereocenters. The van der Waals surface area contributed by atoms with Gasteiger partial charge in [-0.15, -0.1) is 0 Å². The molecule has 64 valence electrons. The van der Waals surface area contributed by atoms with Crippen LogP contribution in [0.1, 0.15) is 13.3 Å². The second-order valence-electron chi connectivity index (χ2n) is 2.30. The Morgan fingerprint density at radius 3 is 2.73 bits per heavy atom. The standard InChI is InChI=1S/C7H13ClN2O/c1-5(2)7(11)10-6(8)3-4-9/h6H,1,3-4,9H2,2H3,(H,10,11). The molecule has 0 rings (SSSR count). The lowest BCUT2D eigenvalue weighted by molar-refractivity contribution is -0.117. The third kappa shape index (κ3) is 4.81. The first-order valence-electron chi connectivity index (χ1n) is 3.38. The summed E-state index contributed by atoms with van der Waals surface area (Å²) < 4.78 is 0. The first-order valence-corrected chi connectivity index (χ1v) is 3.82. The molecule has 0 saturated carbocycles. The van der Waals surface area contributed by atoms with Crippen molar-refractivity contribution >= 4 is 17.5 Å². The Balaban J connectivity index is 3.66. The van der Waals surface area contributed by atoms with Gasteiger partial charge in [-0.05, 0) is 19.9 Å². The van der Waals surface area contributed by atoms with E-state index in [0.717, 1.165) is 0 Å². The molecule has 11 heavy (non-hydrogen) atoms. The first kappa shape index (κ1) is 10.5. The summed E-state index contributed by atoms with van der Waals surface area (Å²) in [5, 5.41) is 2.53. The highest BCUT2D eigenvalue weighted by Gasteiger charge is 2.07. The molecule has 3 N–H and O–H groups in total. The second-order valence-corrected chi connectivity index (χ2v) is 2.83. The summed E-state index contributed by atoms with van der Waals surface area (Å²) in [4.78, 5) is 10.9. The number of carbonyl (C=O) groups is 1. The Morgan fingerprint density at radius 1 is 1.82 bits per heavy atom. The minimum Gasteiger partial charge on any atom is -0.336 e. The summed E-state index contributed by atoms with van der Waals surface area (Å²) in [6.07, 6.45) is 0.570. The predicted octanol–water partition coefficient (Wildman–Crippen LogP) is 0.592. The van der Waals surface area contributed by atoms with Gasteiger partial charge in [-0.1, -0.05) is 18.2 Å². The highest BCUT2D eigenvalue weighted by molar-refractivity contribution is 6.21. The summed E-state index contributed by atoms with van der Waals surface area (Å²) in [6.45, 7) is 5.56. The minimum atomic E-state index is -0.385. The Hall–Kier alpha value is -0.540. The average molecular weight is 177 g/mol. The number of hydrogen-bond acceptors (Lipinski definition) is 2. The molecule has 0 aliphatic heterocycles. The lowest BCUT2D eigenvalue weighted by atomic mass is 10.3. The highest BCUT2D eigenvalue weighted by atomic mass is 35.5. The van der Waals surface area contributed by atoms with Crippen molar-refractivity contribution in [1.82, 2.24) is 5.32 Å². The summed E-state index contributed by atoms with van der Waals surface area (Å²) in [5.41, 5.74) is 5.29. The number of rotatable bonds is 4. The molecule has 0 spiro atoms. The van der Waals surface area contributed by atoms with E-state index in [-0.39, 0.29) is 11.4 Å². The van der Waals surface area contributed by atoms with Gasteiger partial charge in [0.25, 0.3) is 0 Å². The molecule has 4 heteroatoms. The van der Waals surface area contributed by atoms with Gasteiger partial charge < -0.3 is 11.1 Å². The zero-order chi connectivity index (χ0) is 8.85. The summed E-state index contributed by atoms with van der Waals surface area (Å²) in [6, 6.07) is 0. The summed E-state index contributed by atoms with van der Waals surface area (Å²) >= 11 is 5.67. The van der Waals surface area contributed by atoms with Crippen LogP contribution in [0, 0.1) is 0 Å². The van der Waals surface area contributed by atoms with Crippen LogP contribution in [0.4, 0.5) is 0 Å². The molecule has 0 heterocycles. The Bertz CT molecular complexity index is 159. The van der Waals surface area contributed by atoms with Crippen LogP contribution >= 0.6 is 11.6 Å². The lowest BCUT2D eigenvalue weighted by Gasteiger charge is -2.09. The molecule has 0 aliphatic carbocycles. The van der Waals surface area contributed by atoms with Crippen LogP contribution in [0.25, 0.3) is 0 Å².